The predicted molar refractivity (Wildman–Crippen MR) is 69.6 cm³/mol. The molecule has 1 atom stereocenters. The Kier molecular flexibility index (Phi) is 5.26. The molecule has 0 bridgehead atoms. The lowest BCUT2D eigenvalue weighted by Gasteiger charge is -2.26. The van der Waals surface area contributed by atoms with Crippen molar-refractivity contribution in [3.05, 3.63) is 23.9 Å². The molecule has 1 aromatic rings. The summed E-state index contributed by atoms with van der Waals surface area (Å²) >= 11 is 0. The van der Waals surface area contributed by atoms with E-state index in [0.717, 1.165) is 18.9 Å². The minimum atomic E-state index is 0.633. The van der Waals surface area contributed by atoms with Crippen LogP contribution in [0.3, 0.4) is 0 Å². The van der Waals surface area contributed by atoms with Gasteiger partial charge in [0.25, 0.3) is 0 Å². The first-order chi connectivity index (χ1) is 7.71. The van der Waals surface area contributed by atoms with E-state index < -0.39 is 0 Å². The third-order valence-electron chi connectivity index (χ3n) is 3.09. The maximum absolute atomic E-state index is 4.33. The number of rotatable bonds is 6. The molecule has 0 aliphatic carbocycles. The Labute approximate surface area is 98.9 Å². The van der Waals surface area contributed by atoms with Crippen molar-refractivity contribution >= 4 is 5.82 Å². The van der Waals surface area contributed by atoms with Gasteiger partial charge in [-0.2, -0.15) is 0 Å². The summed E-state index contributed by atoms with van der Waals surface area (Å²) in [6, 6.07) is 4.80. The fourth-order valence-electron chi connectivity index (χ4n) is 1.74. The smallest absolute Gasteiger partial charge is 0.125 e. The van der Waals surface area contributed by atoms with Crippen LogP contribution in [-0.2, 0) is 6.54 Å². The summed E-state index contributed by atoms with van der Waals surface area (Å²) in [7, 11) is 1.89. The molecule has 1 rings (SSSR count). The standard InChI is InChI=1S/C13H23N3/c1-5-11(3)16(6-2)10-12-7-8-13(14-4)15-9-12/h7-9,11H,5-6,10H2,1-4H3,(H,14,15). The molecule has 1 heterocycles. The first kappa shape index (κ1) is 13.0. The molecule has 3 heteroatoms. The Morgan fingerprint density at radius 1 is 1.38 bits per heavy atom. The molecule has 3 nitrogen and oxygen atoms in total. The van der Waals surface area contributed by atoms with Crippen molar-refractivity contribution in [2.75, 3.05) is 18.9 Å². The summed E-state index contributed by atoms with van der Waals surface area (Å²) in [6.45, 7) is 8.79. The third-order valence-corrected chi connectivity index (χ3v) is 3.09. The van der Waals surface area contributed by atoms with Crippen molar-refractivity contribution < 1.29 is 0 Å². The second-order valence-corrected chi connectivity index (χ2v) is 4.12. The first-order valence-electron chi connectivity index (χ1n) is 6.08. The molecule has 0 aliphatic rings. The SMILES string of the molecule is CCC(C)N(CC)Cc1ccc(NC)nc1. The number of nitrogens with one attached hydrogen (secondary N) is 1. The van der Waals surface area contributed by atoms with Crippen molar-refractivity contribution in [2.45, 2.75) is 39.8 Å². The highest BCUT2D eigenvalue weighted by Crippen LogP contribution is 2.11. The van der Waals surface area contributed by atoms with Crippen LogP contribution < -0.4 is 5.32 Å². The Balaban J connectivity index is 2.63. The summed E-state index contributed by atoms with van der Waals surface area (Å²) in [4.78, 5) is 6.80. The van der Waals surface area contributed by atoms with Crippen LogP contribution in [0.25, 0.3) is 0 Å². The summed E-state index contributed by atoms with van der Waals surface area (Å²) < 4.78 is 0. The van der Waals surface area contributed by atoms with Crippen molar-refractivity contribution in [2.24, 2.45) is 0 Å². The third kappa shape index (κ3) is 3.49. The number of anilines is 1. The van der Waals surface area contributed by atoms with Crippen LogP contribution in [0.1, 0.15) is 32.8 Å². The quantitative estimate of drug-likeness (QED) is 0.800. The second-order valence-electron chi connectivity index (χ2n) is 4.12. The number of nitrogens with zero attached hydrogens (tertiary/aromatic N) is 2. The molecule has 0 saturated carbocycles. The molecular formula is C13H23N3. The van der Waals surface area contributed by atoms with E-state index in [1.165, 1.54) is 12.0 Å². The molecule has 0 saturated heterocycles. The van der Waals surface area contributed by atoms with E-state index in [1.807, 2.05) is 19.3 Å². The van der Waals surface area contributed by atoms with Gasteiger partial charge in [0.15, 0.2) is 0 Å². The van der Waals surface area contributed by atoms with Crippen LogP contribution in [0.5, 0.6) is 0 Å². The zero-order chi connectivity index (χ0) is 12.0. The Bertz CT molecular complexity index is 295. The van der Waals surface area contributed by atoms with E-state index in [2.05, 4.69) is 42.0 Å². The Hall–Kier alpha value is -1.09. The first-order valence-corrected chi connectivity index (χ1v) is 6.08. The van der Waals surface area contributed by atoms with E-state index in [4.69, 9.17) is 0 Å². The van der Waals surface area contributed by atoms with Gasteiger partial charge in [0.05, 0.1) is 0 Å². The number of pyridine rings is 1. The number of hydrogen-bond acceptors (Lipinski definition) is 3. The highest BCUT2D eigenvalue weighted by Gasteiger charge is 2.10. The molecular weight excluding hydrogens is 198 g/mol. The molecule has 1 unspecified atom stereocenters. The van der Waals surface area contributed by atoms with E-state index in [9.17, 15) is 0 Å². The molecule has 0 fully saturated rings. The van der Waals surface area contributed by atoms with Gasteiger partial charge >= 0.3 is 0 Å². The summed E-state index contributed by atoms with van der Waals surface area (Å²) in [5.41, 5.74) is 1.28. The normalized spacial score (nSPS) is 12.8. The maximum atomic E-state index is 4.33. The zero-order valence-corrected chi connectivity index (χ0v) is 10.8. The van der Waals surface area contributed by atoms with E-state index in [0.29, 0.717) is 6.04 Å². The lowest BCUT2D eigenvalue weighted by atomic mass is 10.2. The molecule has 16 heavy (non-hydrogen) atoms. The maximum Gasteiger partial charge on any atom is 0.125 e. The summed E-state index contributed by atoms with van der Waals surface area (Å²) in [6.07, 6.45) is 3.15. The minimum Gasteiger partial charge on any atom is -0.373 e. The molecule has 1 aromatic heterocycles. The van der Waals surface area contributed by atoms with Gasteiger partial charge in [-0.05, 0) is 31.5 Å². The largest absolute Gasteiger partial charge is 0.373 e. The number of hydrogen-bond donors (Lipinski definition) is 1. The van der Waals surface area contributed by atoms with Gasteiger partial charge in [-0.25, -0.2) is 4.98 Å². The van der Waals surface area contributed by atoms with Gasteiger partial charge < -0.3 is 5.32 Å². The van der Waals surface area contributed by atoms with Gasteiger partial charge in [0.1, 0.15) is 5.82 Å². The van der Waals surface area contributed by atoms with Crippen LogP contribution in [0, 0.1) is 0 Å². The zero-order valence-electron chi connectivity index (χ0n) is 10.8. The van der Waals surface area contributed by atoms with Crippen LogP contribution >= 0.6 is 0 Å². The second kappa shape index (κ2) is 6.48. The van der Waals surface area contributed by atoms with Crippen molar-refractivity contribution in [1.82, 2.24) is 9.88 Å². The van der Waals surface area contributed by atoms with Crippen LogP contribution in [-0.4, -0.2) is 29.5 Å². The molecule has 0 aliphatic heterocycles. The van der Waals surface area contributed by atoms with E-state index in [-0.39, 0.29) is 0 Å². The van der Waals surface area contributed by atoms with Crippen molar-refractivity contribution in [3.8, 4) is 0 Å². The minimum absolute atomic E-state index is 0.633. The molecule has 0 amide bonds. The van der Waals surface area contributed by atoms with Gasteiger partial charge in [-0.1, -0.05) is 19.9 Å². The molecule has 0 aromatic carbocycles. The van der Waals surface area contributed by atoms with Gasteiger partial charge in [-0.15, -0.1) is 0 Å². The lowest BCUT2D eigenvalue weighted by Crippen LogP contribution is -2.31. The monoisotopic (exact) mass is 221 g/mol. The van der Waals surface area contributed by atoms with Gasteiger partial charge in [-0.3, -0.25) is 4.90 Å². The Morgan fingerprint density at radius 3 is 2.56 bits per heavy atom. The Morgan fingerprint density at radius 2 is 2.12 bits per heavy atom. The average Bonchev–Trinajstić information content (AvgIpc) is 2.35. The summed E-state index contributed by atoms with van der Waals surface area (Å²) in [5, 5.41) is 3.03. The average molecular weight is 221 g/mol. The topological polar surface area (TPSA) is 28.2 Å². The van der Waals surface area contributed by atoms with Gasteiger partial charge in [0.2, 0.25) is 0 Å². The van der Waals surface area contributed by atoms with Crippen LogP contribution in [0.15, 0.2) is 18.3 Å². The van der Waals surface area contributed by atoms with Crippen LogP contribution in [0.4, 0.5) is 5.82 Å². The number of aromatic nitrogens is 1. The molecule has 0 radical (unpaired) electrons. The lowest BCUT2D eigenvalue weighted by molar-refractivity contribution is 0.206. The van der Waals surface area contributed by atoms with Gasteiger partial charge in [0, 0.05) is 25.8 Å². The molecule has 0 spiro atoms. The highest BCUT2D eigenvalue weighted by molar-refractivity contribution is 5.34. The fourth-order valence-corrected chi connectivity index (χ4v) is 1.74. The predicted octanol–water partition coefficient (Wildman–Crippen LogP) is 2.74. The van der Waals surface area contributed by atoms with E-state index in [1.54, 1.807) is 0 Å². The molecule has 90 valence electrons. The van der Waals surface area contributed by atoms with Crippen molar-refractivity contribution in [3.63, 3.8) is 0 Å². The van der Waals surface area contributed by atoms with E-state index >= 15 is 0 Å². The van der Waals surface area contributed by atoms with Crippen molar-refractivity contribution in [1.29, 1.82) is 0 Å². The highest BCUT2D eigenvalue weighted by atomic mass is 15.1. The molecule has 1 N–H and O–H groups in total. The summed E-state index contributed by atoms with van der Waals surface area (Å²) in [5.74, 6) is 0.926. The fraction of sp³-hybridized carbons (Fsp3) is 0.615. The van der Waals surface area contributed by atoms with Crippen LogP contribution in [0.2, 0.25) is 0 Å².